The van der Waals surface area contributed by atoms with E-state index in [0.29, 0.717) is 13.2 Å². The second kappa shape index (κ2) is 11.0. The summed E-state index contributed by atoms with van der Waals surface area (Å²) in [4.78, 5) is 20.0. The summed E-state index contributed by atoms with van der Waals surface area (Å²) in [6.45, 7) is 4.71. The number of ether oxygens (including phenoxy) is 1. The van der Waals surface area contributed by atoms with Crippen molar-refractivity contribution in [2.75, 3.05) is 26.2 Å². The van der Waals surface area contributed by atoms with Gasteiger partial charge in [0.05, 0.1) is 18.0 Å². The Bertz CT molecular complexity index is 729. The van der Waals surface area contributed by atoms with Crippen LogP contribution in [-0.4, -0.2) is 57.9 Å². The number of likely N-dealkylation sites (tertiary alicyclic amines) is 1. The number of hydrogen-bond acceptors (Lipinski definition) is 6. The summed E-state index contributed by atoms with van der Waals surface area (Å²) >= 11 is 1.44. The molecule has 2 N–H and O–H groups in total. The molecule has 0 saturated carbocycles. The van der Waals surface area contributed by atoms with E-state index in [1.807, 2.05) is 25.1 Å². The van der Waals surface area contributed by atoms with Gasteiger partial charge in [0, 0.05) is 38.5 Å². The van der Waals surface area contributed by atoms with Crippen molar-refractivity contribution in [3.05, 3.63) is 23.0 Å². The van der Waals surface area contributed by atoms with Gasteiger partial charge in [-0.15, -0.1) is 36.2 Å². The lowest BCUT2D eigenvalue weighted by Gasteiger charge is -2.31. The molecule has 1 amide bonds. The van der Waals surface area contributed by atoms with E-state index in [2.05, 4.69) is 10.1 Å². The van der Waals surface area contributed by atoms with Crippen LogP contribution in [0.3, 0.4) is 0 Å². The van der Waals surface area contributed by atoms with E-state index in [4.69, 9.17) is 10.5 Å². The summed E-state index contributed by atoms with van der Waals surface area (Å²) in [6, 6.07) is 0. The Balaban J connectivity index is 0.00000182. The second-order valence-electron chi connectivity index (χ2n) is 6.34. The Kier molecular flexibility index (Phi) is 9.69. The Hall–Kier alpha value is -1.19. The number of aromatic nitrogens is 3. The smallest absolute Gasteiger partial charge is 0.265 e. The number of amides is 1. The van der Waals surface area contributed by atoms with Gasteiger partial charge < -0.3 is 15.4 Å². The predicted molar refractivity (Wildman–Crippen MR) is 112 cm³/mol. The summed E-state index contributed by atoms with van der Waals surface area (Å²) in [5, 5.41) is 5.01. The Morgan fingerprint density at radius 2 is 2.07 bits per heavy atom. The fourth-order valence-corrected chi connectivity index (χ4v) is 3.96. The van der Waals surface area contributed by atoms with E-state index >= 15 is 0 Å². The zero-order valence-electron chi connectivity index (χ0n) is 15.6. The van der Waals surface area contributed by atoms with Gasteiger partial charge in [-0.05, 0) is 32.7 Å². The van der Waals surface area contributed by atoms with Crippen molar-refractivity contribution in [2.45, 2.75) is 32.3 Å². The van der Waals surface area contributed by atoms with Crippen LogP contribution in [0.15, 0.2) is 12.4 Å². The topological polar surface area (TPSA) is 86.3 Å². The van der Waals surface area contributed by atoms with Crippen molar-refractivity contribution in [1.29, 1.82) is 0 Å². The van der Waals surface area contributed by atoms with Crippen LogP contribution < -0.4 is 5.73 Å². The molecule has 2 aromatic rings. The third-order valence-corrected chi connectivity index (χ3v) is 5.57. The molecule has 0 aromatic carbocycles. The third kappa shape index (κ3) is 5.89. The van der Waals surface area contributed by atoms with Gasteiger partial charge in [0.15, 0.2) is 0 Å². The minimum atomic E-state index is 0. The molecule has 0 aliphatic carbocycles. The van der Waals surface area contributed by atoms with Gasteiger partial charge in [0.2, 0.25) is 0 Å². The number of rotatable bonds is 6. The highest BCUT2D eigenvalue weighted by molar-refractivity contribution is 7.17. The highest BCUT2D eigenvalue weighted by atomic mass is 35.5. The number of aryl methyl sites for hydroxylation is 2. The molecule has 3 rings (SSSR count). The maximum absolute atomic E-state index is 12.9. The number of nitrogens with two attached hydrogens (primary N) is 1. The van der Waals surface area contributed by atoms with Crippen molar-refractivity contribution in [2.24, 2.45) is 12.8 Å². The maximum atomic E-state index is 12.9. The van der Waals surface area contributed by atoms with E-state index in [1.54, 1.807) is 10.9 Å². The van der Waals surface area contributed by atoms with Gasteiger partial charge in [-0.3, -0.25) is 9.48 Å². The maximum Gasteiger partial charge on any atom is 0.265 e. The molecule has 27 heavy (non-hydrogen) atoms. The largest absolute Gasteiger partial charge is 0.378 e. The number of nitrogens with zero attached hydrogens (tertiary/aromatic N) is 4. The minimum Gasteiger partial charge on any atom is -0.378 e. The summed E-state index contributed by atoms with van der Waals surface area (Å²) < 4.78 is 7.55. The molecule has 1 aliphatic heterocycles. The summed E-state index contributed by atoms with van der Waals surface area (Å²) in [5.41, 5.74) is 7.22. The summed E-state index contributed by atoms with van der Waals surface area (Å²) in [6.07, 6.45) is 6.57. The highest BCUT2D eigenvalue weighted by Crippen LogP contribution is 2.29. The van der Waals surface area contributed by atoms with Crippen LogP contribution in [0.1, 0.15) is 34.6 Å². The number of piperidine rings is 1. The zero-order valence-corrected chi connectivity index (χ0v) is 18.0. The first-order valence-corrected chi connectivity index (χ1v) is 9.47. The molecule has 0 unspecified atom stereocenters. The van der Waals surface area contributed by atoms with Crippen LogP contribution in [0.4, 0.5) is 0 Å². The monoisotopic (exact) mass is 435 g/mol. The third-order valence-electron chi connectivity index (χ3n) is 4.37. The molecule has 3 heterocycles. The second-order valence-corrected chi connectivity index (χ2v) is 7.34. The first-order valence-electron chi connectivity index (χ1n) is 8.66. The zero-order chi connectivity index (χ0) is 17.8. The van der Waals surface area contributed by atoms with Crippen molar-refractivity contribution in [3.8, 4) is 10.6 Å². The van der Waals surface area contributed by atoms with Gasteiger partial charge >= 0.3 is 0 Å². The van der Waals surface area contributed by atoms with Crippen molar-refractivity contribution >= 4 is 42.1 Å². The van der Waals surface area contributed by atoms with Gasteiger partial charge in [0.1, 0.15) is 9.88 Å². The molecule has 152 valence electrons. The van der Waals surface area contributed by atoms with Crippen LogP contribution in [-0.2, 0) is 11.8 Å². The summed E-state index contributed by atoms with van der Waals surface area (Å²) in [5.74, 6) is 0.0746. The molecular weight excluding hydrogens is 409 g/mol. The standard InChI is InChI=1S/C17H25N5O2S.2ClH/c1-12-15(25-16(20-12)13-10-19-21(2)11-13)17(23)22-7-4-14(5-8-22)24-9-3-6-18;;/h10-11,14H,3-9,18H2,1-2H3;2*1H. The molecule has 0 atom stereocenters. The molecule has 1 aliphatic rings. The molecule has 10 heteroatoms. The van der Waals surface area contributed by atoms with Crippen molar-refractivity contribution in [1.82, 2.24) is 19.7 Å². The molecule has 1 saturated heterocycles. The minimum absolute atomic E-state index is 0. The first-order chi connectivity index (χ1) is 12.1. The molecule has 1 fully saturated rings. The first kappa shape index (κ1) is 23.8. The van der Waals surface area contributed by atoms with E-state index in [1.165, 1.54) is 11.3 Å². The molecule has 0 radical (unpaired) electrons. The lowest BCUT2D eigenvalue weighted by atomic mass is 10.1. The number of carbonyl (C=O) groups excluding carboxylic acids is 1. The van der Waals surface area contributed by atoms with Crippen molar-refractivity contribution < 1.29 is 9.53 Å². The van der Waals surface area contributed by atoms with Gasteiger partial charge in [0.25, 0.3) is 5.91 Å². The normalized spacial score (nSPS) is 14.6. The average Bonchev–Trinajstić information content (AvgIpc) is 3.21. The number of thiazole rings is 1. The fraction of sp³-hybridized carbons (Fsp3) is 0.588. The molecule has 7 nitrogen and oxygen atoms in total. The number of halogens is 2. The van der Waals surface area contributed by atoms with Gasteiger partial charge in [-0.2, -0.15) is 5.10 Å². The Morgan fingerprint density at radius 3 is 2.67 bits per heavy atom. The highest BCUT2D eigenvalue weighted by Gasteiger charge is 2.27. The van der Waals surface area contributed by atoms with E-state index in [0.717, 1.165) is 53.5 Å². The van der Waals surface area contributed by atoms with Crippen LogP contribution >= 0.6 is 36.2 Å². The van der Waals surface area contributed by atoms with E-state index < -0.39 is 0 Å². The fourth-order valence-electron chi connectivity index (χ4n) is 2.95. The lowest BCUT2D eigenvalue weighted by Crippen LogP contribution is -2.41. The van der Waals surface area contributed by atoms with E-state index in [9.17, 15) is 4.79 Å². The van der Waals surface area contributed by atoms with Gasteiger partial charge in [-0.1, -0.05) is 0 Å². The van der Waals surface area contributed by atoms with Crippen LogP contribution in [0.25, 0.3) is 10.6 Å². The van der Waals surface area contributed by atoms with Crippen molar-refractivity contribution in [3.63, 3.8) is 0 Å². The quantitative estimate of drug-likeness (QED) is 0.704. The molecule has 0 spiro atoms. The molecule has 2 aromatic heterocycles. The number of hydrogen-bond donors (Lipinski definition) is 1. The number of carbonyl (C=O) groups is 1. The Labute approximate surface area is 176 Å². The van der Waals surface area contributed by atoms with Crippen LogP contribution in [0.5, 0.6) is 0 Å². The molecule has 0 bridgehead atoms. The average molecular weight is 436 g/mol. The summed E-state index contributed by atoms with van der Waals surface area (Å²) in [7, 11) is 1.87. The SMILES string of the molecule is Cc1nc(-c2cnn(C)c2)sc1C(=O)N1CCC(OCCCN)CC1.Cl.Cl. The lowest BCUT2D eigenvalue weighted by molar-refractivity contribution is 0.00855. The van der Waals surface area contributed by atoms with Crippen LogP contribution in [0, 0.1) is 6.92 Å². The predicted octanol–water partition coefficient (Wildman–Crippen LogP) is 2.67. The van der Waals surface area contributed by atoms with Gasteiger partial charge in [-0.25, -0.2) is 4.98 Å². The van der Waals surface area contributed by atoms with Crippen LogP contribution in [0.2, 0.25) is 0 Å². The van der Waals surface area contributed by atoms with E-state index in [-0.39, 0.29) is 36.8 Å². The Morgan fingerprint density at radius 1 is 1.37 bits per heavy atom. The molecular formula is C17H27Cl2N5O2S.